The van der Waals surface area contributed by atoms with E-state index in [9.17, 15) is 23.6 Å². The van der Waals surface area contributed by atoms with Gasteiger partial charge in [0.25, 0.3) is 11.8 Å². The second kappa shape index (κ2) is 6.29. The highest BCUT2D eigenvalue weighted by molar-refractivity contribution is 9.10. The van der Waals surface area contributed by atoms with Crippen LogP contribution in [0.15, 0.2) is 46.9 Å². The molecule has 5 nitrogen and oxygen atoms in total. The number of hydroxylamine groups is 2. The van der Waals surface area contributed by atoms with Gasteiger partial charge in [-0.15, -0.1) is 0 Å². The number of carbonyl (C=O) groups is 2. The Balaban J connectivity index is 2.00. The van der Waals surface area contributed by atoms with Gasteiger partial charge in [0.2, 0.25) is 0 Å². The van der Waals surface area contributed by atoms with Gasteiger partial charge < -0.3 is 4.90 Å². The van der Waals surface area contributed by atoms with Gasteiger partial charge in [0, 0.05) is 5.56 Å². The lowest BCUT2D eigenvalue weighted by Crippen LogP contribution is -2.34. The third-order valence-electron chi connectivity index (χ3n) is 3.66. The number of hydrogen-bond acceptors (Lipinski definition) is 3. The molecule has 2 aromatic rings. The summed E-state index contributed by atoms with van der Waals surface area (Å²) >= 11 is 3.03. The maximum absolute atomic E-state index is 13.4. The number of halogens is 3. The van der Waals surface area contributed by atoms with Gasteiger partial charge in [0.05, 0.1) is 4.47 Å². The Morgan fingerprint density at radius 3 is 2.62 bits per heavy atom. The number of carbonyl (C=O) groups excluding carboxylic acids is 2. The first-order valence-corrected chi connectivity index (χ1v) is 7.70. The first-order chi connectivity index (χ1) is 11.4. The fourth-order valence-corrected chi connectivity index (χ4v) is 2.93. The first-order valence-electron chi connectivity index (χ1n) is 6.91. The first kappa shape index (κ1) is 16.5. The highest BCUT2D eigenvalue weighted by Crippen LogP contribution is 2.32. The van der Waals surface area contributed by atoms with E-state index in [1.165, 1.54) is 30.3 Å². The molecule has 1 unspecified atom stereocenters. The van der Waals surface area contributed by atoms with Gasteiger partial charge in [-0.05, 0) is 51.8 Å². The van der Waals surface area contributed by atoms with E-state index in [1.54, 1.807) is 0 Å². The zero-order valence-electron chi connectivity index (χ0n) is 12.1. The van der Waals surface area contributed by atoms with Crippen molar-refractivity contribution in [2.45, 2.75) is 6.17 Å². The van der Waals surface area contributed by atoms with Crippen molar-refractivity contribution in [1.82, 2.24) is 9.96 Å². The number of hydrogen-bond donors (Lipinski definition) is 1. The fraction of sp³-hybridized carbons (Fsp3) is 0.125. The van der Waals surface area contributed by atoms with Crippen molar-refractivity contribution < 1.29 is 23.6 Å². The molecular formula is C16H11BrF2N2O3. The molecule has 8 heteroatoms. The quantitative estimate of drug-likeness (QED) is 0.793. The van der Waals surface area contributed by atoms with Crippen LogP contribution in [0, 0.1) is 11.6 Å². The molecule has 0 aromatic heterocycles. The Morgan fingerprint density at radius 2 is 1.96 bits per heavy atom. The third-order valence-corrected chi connectivity index (χ3v) is 4.27. The fourth-order valence-electron chi connectivity index (χ4n) is 2.54. The zero-order valence-corrected chi connectivity index (χ0v) is 13.7. The molecule has 1 N–H and O–H groups in total. The summed E-state index contributed by atoms with van der Waals surface area (Å²) in [5.41, 5.74) is 0.380. The van der Waals surface area contributed by atoms with E-state index in [4.69, 9.17) is 0 Å². The predicted octanol–water partition coefficient (Wildman–Crippen LogP) is 3.10. The van der Waals surface area contributed by atoms with E-state index in [0.717, 1.165) is 17.0 Å². The molecule has 0 bridgehead atoms. The van der Waals surface area contributed by atoms with Crippen LogP contribution in [0.25, 0.3) is 0 Å². The molecule has 1 aliphatic heterocycles. The molecule has 1 atom stereocenters. The summed E-state index contributed by atoms with van der Waals surface area (Å²) in [5, 5.41) is 10.4. The molecule has 0 spiro atoms. The normalized spacial score (nSPS) is 17.5. The van der Waals surface area contributed by atoms with Gasteiger partial charge >= 0.3 is 0 Å². The average Bonchev–Trinajstić information content (AvgIpc) is 2.85. The van der Waals surface area contributed by atoms with Gasteiger partial charge in [-0.1, -0.05) is 12.1 Å². The third kappa shape index (κ3) is 2.90. The van der Waals surface area contributed by atoms with E-state index in [1.807, 2.05) is 0 Å². The molecule has 0 radical (unpaired) electrons. The molecule has 1 aliphatic rings. The highest BCUT2D eigenvalue weighted by atomic mass is 79.9. The van der Waals surface area contributed by atoms with Crippen LogP contribution in [-0.4, -0.2) is 33.5 Å². The van der Waals surface area contributed by atoms with Crippen molar-refractivity contribution in [3.05, 3.63) is 69.7 Å². The Hall–Kier alpha value is -2.32. The Bertz CT molecular complexity index is 831. The minimum Gasteiger partial charge on any atom is -0.302 e. The lowest BCUT2D eigenvalue weighted by atomic mass is 10.1. The summed E-state index contributed by atoms with van der Waals surface area (Å²) in [6, 6.07) is 8.91. The Kier molecular flexibility index (Phi) is 4.33. The van der Waals surface area contributed by atoms with Crippen LogP contribution in [0.5, 0.6) is 0 Å². The van der Waals surface area contributed by atoms with Crippen molar-refractivity contribution in [3.63, 3.8) is 0 Å². The summed E-state index contributed by atoms with van der Waals surface area (Å²) in [6.45, 7) is -0.370. The maximum Gasteiger partial charge on any atom is 0.267 e. The van der Waals surface area contributed by atoms with Crippen LogP contribution in [-0.2, 0) is 4.79 Å². The summed E-state index contributed by atoms with van der Waals surface area (Å²) < 4.78 is 26.9. The predicted molar refractivity (Wildman–Crippen MR) is 82.9 cm³/mol. The van der Waals surface area contributed by atoms with E-state index in [2.05, 4.69) is 15.9 Å². The molecule has 124 valence electrons. The number of nitrogens with zero attached hydrogens (tertiary/aromatic N) is 2. The second-order valence-electron chi connectivity index (χ2n) is 5.23. The van der Waals surface area contributed by atoms with Gasteiger partial charge in [-0.25, -0.2) is 8.78 Å². The molecule has 1 saturated heterocycles. The Labute approximate surface area is 144 Å². The van der Waals surface area contributed by atoms with Crippen molar-refractivity contribution in [3.8, 4) is 0 Å². The zero-order chi connectivity index (χ0) is 17.4. The number of rotatable bonds is 2. The molecule has 0 aliphatic carbocycles. The molecule has 2 amide bonds. The van der Waals surface area contributed by atoms with Crippen LogP contribution < -0.4 is 0 Å². The molecule has 0 saturated carbocycles. The van der Waals surface area contributed by atoms with Crippen LogP contribution in [0.2, 0.25) is 0 Å². The second-order valence-corrected chi connectivity index (χ2v) is 6.08. The maximum atomic E-state index is 13.4. The number of amides is 2. The minimum absolute atomic E-state index is 0.0456. The molecule has 3 rings (SSSR count). The van der Waals surface area contributed by atoms with Crippen LogP contribution >= 0.6 is 15.9 Å². The number of benzene rings is 2. The van der Waals surface area contributed by atoms with Crippen LogP contribution in [0.3, 0.4) is 0 Å². The summed E-state index contributed by atoms with van der Waals surface area (Å²) in [5.74, 6) is -2.42. The van der Waals surface area contributed by atoms with E-state index in [-0.39, 0.29) is 16.6 Å². The van der Waals surface area contributed by atoms with Crippen LogP contribution in [0.1, 0.15) is 22.1 Å². The summed E-state index contributed by atoms with van der Waals surface area (Å²) in [6.07, 6.45) is -1.12. The van der Waals surface area contributed by atoms with E-state index < -0.39 is 29.6 Å². The molecule has 2 aromatic carbocycles. The standard InChI is InChI=1S/C16H11BrF2N2O3/c17-12-7-9(4-5-13(12)19)15-20(8-14(22)21(15)24)16(23)10-2-1-3-11(18)6-10/h1-7,15,24H,8H2. The highest BCUT2D eigenvalue weighted by Gasteiger charge is 2.41. The van der Waals surface area contributed by atoms with E-state index in [0.29, 0.717) is 10.6 Å². The van der Waals surface area contributed by atoms with Gasteiger partial charge in [-0.2, -0.15) is 5.06 Å². The lowest BCUT2D eigenvalue weighted by molar-refractivity contribution is -0.168. The Morgan fingerprint density at radius 1 is 1.21 bits per heavy atom. The van der Waals surface area contributed by atoms with Gasteiger partial charge in [0.15, 0.2) is 6.17 Å². The summed E-state index contributed by atoms with van der Waals surface area (Å²) in [7, 11) is 0. The minimum atomic E-state index is -1.12. The summed E-state index contributed by atoms with van der Waals surface area (Å²) in [4.78, 5) is 25.5. The molecule has 1 heterocycles. The van der Waals surface area contributed by atoms with Gasteiger partial charge in [-0.3, -0.25) is 14.8 Å². The largest absolute Gasteiger partial charge is 0.302 e. The smallest absolute Gasteiger partial charge is 0.267 e. The topological polar surface area (TPSA) is 60.9 Å². The van der Waals surface area contributed by atoms with Crippen molar-refractivity contribution in [2.24, 2.45) is 0 Å². The van der Waals surface area contributed by atoms with E-state index >= 15 is 0 Å². The monoisotopic (exact) mass is 396 g/mol. The molecule has 24 heavy (non-hydrogen) atoms. The van der Waals surface area contributed by atoms with Crippen molar-refractivity contribution in [2.75, 3.05) is 6.54 Å². The molecule has 1 fully saturated rings. The molecular weight excluding hydrogens is 386 g/mol. The van der Waals surface area contributed by atoms with Crippen molar-refractivity contribution in [1.29, 1.82) is 0 Å². The average molecular weight is 397 g/mol. The lowest BCUT2D eigenvalue weighted by Gasteiger charge is -2.26. The SMILES string of the molecule is O=C1CN(C(=O)c2cccc(F)c2)C(c2ccc(F)c(Br)c2)N1O. The van der Waals surface area contributed by atoms with Crippen molar-refractivity contribution >= 4 is 27.7 Å². The van der Waals surface area contributed by atoms with Crippen LogP contribution in [0.4, 0.5) is 8.78 Å². The van der Waals surface area contributed by atoms with Gasteiger partial charge in [0.1, 0.15) is 18.2 Å².